The van der Waals surface area contributed by atoms with Crippen molar-refractivity contribution in [3.05, 3.63) is 35.6 Å². The first kappa shape index (κ1) is 18.2. The minimum atomic E-state index is -0.195. The predicted octanol–water partition coefficient (Wildman–Crippen LogP) is 5.17. The fourth-order valence-corrected chi connectivity index (χ4v) is 6.63. The van der Waals surface area contributed by atoms with Crippen LogP contribution in [0, 0.1) is 29.0 Å². The van der Waals surface area contributed by atoms with E-state index in [0.717, 1.165) is 28.4 Å². The normalized spacial score (nSPS) is 33.1. The zero-order valence-electron chi connectivity index (χ0n) is 15.8. The van der Waals surface area contributed by atoms with Crippen molar-refractivity contribution >= 4 is 17.3 Å². The zero-order valence-corrected chi connectivity index (χ0v) is 16.6. The van der Waals surface area contributed by atoms with E-state index in [0.29, 0.717) is 18.0 Å². The summed E-state index contributed by atoms with van der Waals surface area (Å²) in [5, 5.41) is 7.79. The molecule has 4 fully saturated rings. The van der Waals surface area contributed by atoms with Gasteiger partial charge in [0.25, 0.3) is 0 Å². The van der Waals surface area contributed by atoms with Crippen LogP contribution >= 0.6 is 12.2 Å². The molecule has 1 atom stereocenters. The van der Waals surface area contributed by atoms with E-state index < -0.39 is 0 Å². The SMILES string of the molecule is CCCC(NC(=S)NCc1ccc(F)cc1)C12CC3CC(CC(C3)C1)C2. The van der Waals surface area contributed by atoms with E-state index in [4.69, 9.17) is 12.2 Å². The standard InChI is InChI=1S/C22H31FN2S/c1-2-3-20(22-11-16-8-17(12-22)10-18(9-16)13-22)25-21(26)24-14-15-4-6-19(23)7-5-15/h4-7,16-18,20H,2-3,8-14H2,1H3,(H2,24,25,26). The van der Waals surface area contributed by atoms with Crippen LogP contribution in [0.4, 0.5) is 4.39 Å². The van der Waals surface area contributed by atoms with Gasteiger partial charge in [-0.1, -0.05) is 25.5 Å². The fourth-order valence-electron chi connectivity index (χ4n) is 6.42. The highest BCUT2D eigenvalue weighted by molar-refractivity contribution is 7.80. The molecule has 4 aliphatic carbocycles. The van der Waals surface area contributed by atoms with Gasteiger partial charge >= 0.3 is 0 Å². The molecule has 4 bridgehead atoms. The van der Waals surface area contributed by atoms with Gasteiger partial charge in [-0.2, -0.15) is 0 Å². The molecular weight excluding hydrogens is 343 g/mol. The van der Waals surface area contributed by atoms with Crippen LogP contribution in [0.25, 0.3) is 0 Å². The summed E-state index contributed by atoms with van der Waals surface area (Å²) in [6, 6.07) is 7.13. The molecule has 4 aliphatic rings. The lowest BCUT2D eigenvalue weighted by Crippen LogP contribution is -2.58. The molecule has 0 radical (unpaired) electrons. The van der Waals surface area contributed by atoms with Crippen LogP contribution in [0.2, 0.25) is 0 Å². The Kier molecular flexibility index (Phi) is 5.22. The minimum Gasteiger partial charge on any atom is -0.359 e. The van der Waals surface area contributed by atoms with E-state index in [1.165, 1.54) is 63.5 Å². The van der Waals surface area contributed by atoms with E-state index in [1.54, 1.807) is 0 Å². The van der Waals surface area contributed by atoms with E-state index in [9.17, 15) is 4.39 Å². The molecule has 0 aliphatic heterocycles. The number of benzene rings is 1. The van der Waals surface area contributed by atoms with E-state index in [2.05, 4.69) is 17.6 Å². The third kappa shape index (κ3) is 3.76. The molecule has 0 aromatic heterocycles. The van der Waals surface area contributed by atoms with Crippen molar-refractivity contribution in [1.82, 2.24) is 10.6 Å². The predicted molar refractivity (Wildman–Crippen MR) is 108 cm³/mol. The number of rotatable bonds is 6. The minimum absolute atomic E-state index is 0.195. The second kappa shape index (κ2) is 7.46. The lowest BCUT2D eigenvalue weighted by Gasteiger charge is -2.59. The van der Waals surface area contributed by atoms with E-state index >= 15 is 0 Å². The first-order valence-electron chi connectivity index (χ1n) is 10.3. The Balaban J connectivity index is 1.39. The molecule has 4 saturated carbocycles. The average molecular weight is 375 g/mol. The van der Waals surface area contributed by atoms with Gasteiger partial charge in [-0.15, -0.1) is 0 Å². The van der Waals surface area contributed by atoms with Crippen molar-refractivity contribution in [3.8, 4) is 0 Å². The van der Waals surface area contributed by atoms with Crippen molar-refractivity contribution in [2.75, 3.05) is 0 Å². The molecule has 0 heterocycles. The number of nitrogens with one attached hydrogen (secondary N) is 2. The Morgan fingerprint density at radius 2 is 1.69 bits per heavy atom. The number of hydrogen-bond acceptors (Lipinski definition) is 1. The summed E-state index contributed by atoms with van der Waals surface area (Å²) in [5.41, 5.74) is 1.52. The molecule has 5 rings (SSSR count). The molecule has 142 valence electrons. The summed E-state index contributed by atoms with van der Waals surface area (Å²) in [5.74, 6) is 2.69. The van der Waals surface area contributed by atoms with Crippen LogP contribution in [0.15, 0.2) is 24.3 Å². The maximum atomic E-state index is 13.0. The quantitative estimate of drug-likeness (QED) is 0.671. The molecule has 1 aromatic rings. The highest BCUT2D eigenvalue weighted by Gasteiger charge is 2.54. The summed E-state index contributed by atoms with van der Waals surface area (Å²) in [7, 11) is 0. The van der Waals surface area contributed by atoms with Gasteiger partial charge < -0.3 is 10.6 Å². The van der Waals surface area contributed by atoms with Crippen LogP contribution in [-0.4, -0.2) is 11.2 Å². The average Bonchev–Trinajstić information content (AvgIpc) is 2.60. The van der Waals surface area contributed by atoms with Crippen LogP contribution in [0.3, 0.4) is 0 Å². The Hall–Kier alpha value is -1.16. The van der Waals surface area contributed by atoms with Gasteiger partial charge in [0, 0.05) is 12.6 Å². The van der Waals surface area contributed by atoms with Gasteiger partial charge in [-0.25, -0.2) is 4.39 Å². The maximum Gasteiger partial charge on any atom is 0.166 e. The molecule has 4 heteroatoms. The van der Waals surface area contributed by atoms with Crippen molar-refractivity contribution in [3.63, 3.8) is 0 Å². The third-order valence-electron chi connectivity index (χ3n) is 7.07. The lowest BCUT2D eigenvalue weighted by atomic mass is 9.47. The first-order valence-corrected chi connectivity index (χ1v) is 10.8. The Morgan fingerprint density at radius 3 is 2.23 bits per heavy atom. The van der Waals surface area contributed by atoms with Crippen molar-refractivity contribution < 1.29 is 4.39 Å². The third-order valence-corrected chi connectivity index (χ3v) is 7.34. The second-order valence-corrected chi connectivity index (χ2v) is 9.48. The molecule has 1 unspecified atom stereocenters. The molecule has 0 amide bonds. The summed E-state index contributed by atoms with van der Waals surface area (Å²) >= 11 is 5.63. The molecule has 0 spiro atoms. The molecular formula is C22H31FN2S. The highest BCUT2D eigenvalue weighted by Crippen LogP contribution is 2.61. The molecule has 2 N–H and O–H groups in total. The molecule has 26 heavy (non-hydrogen) atoms. The Morgan fingerprint density at radius 1 is 1.12 bits per heavy atom. The second-order valence-electron chi connectivity index (χ2n) is 9.07. The van der Waals surface area contributed by atoms with Crippen LogP contribution in [0.1, 0.15) is 63.9 Å². The fraction of sp³-hybridized carbons (Fsp3) is 0.682. The van der Waals surface area contributed by atoms with Crippen LogP contribution in [0.5, 0.6) is 0 Å². The van der Waals surface area contributed by atoms with Gasteiger partial charge in [0.1, 0.15) is 5.82 Å². The van der Waals surface area contributed by atoms with Gasteiger partial charge in [0.05, 0.1) is 0 Å². The summed E-state index contributed by atoms with van der Waals surface area (Å²) in [6.45, 7) is 2.93. The summed E-state index contributed by atoms with van der Waals surface area (Å²) in [4.78, 5) is 0. The van der Waals surface area contributed by atoms with Gasteiger partial charge in [-0.3, -0.25) is 0 Å². The van der Waals surface area contributed by atoms with Gasteiger partial charge in [0.2, 0.25) is 0 Å². The highest BCUT2D eigenvalue weighted by atomic mass is 32.1. The van der Waals surface area contributed by atoms with Crippen molar-refractivity contribution in [2.45, 2.75) is 70.9 Å². The molecule has 2 nitrogen and oxygen atoms in total. The molecule has 1 aromatic carbocycles. The number of halogens is 1. The number of hydrogen-bond donors (Lipinski definition) is 2. The first-order chi connectivity index (χ1) is 12.6. The van der Waals surface area contributed by atoms with Crippen LogP contribution < -0.4 is 10.6 Å². The van der Waals surface area contributed by atoms with Crippen molar-refractivity contribution in [2.24, 2.45) is 23.2 Å². The smallest absolute Gasteiger partial charge is 0.166 e. The van der Waals surface area contributed by atoms with E-state index in [1.807, 2.05) is 12.1 Å². The van der Waals surface area contributed by atoms with Gasteiger partial charge in [-0.05, 0) is 98.0 Å². The number of thiocarbonyl (C=S) groups is 1. The molecule has 0 saturated heterocycles. The Bertz CT molecular complexity index is 607. The maximum absolute atomic E-state index is 13.0. The van der Waals surface area contributed by atoms with Gasteiger partial charge in [0.15, 0.2) is 5.11 Å². The summed E-state index contributed by atoms with van der Waals surface area (Å²) in [6.07, 6.45) is 11.0. The van der Waals surface area contributed by atoms with Crippen LogP contribution in [-0.2, 0) is 6.54 Å². The Labute approximate surface area is 162 Å². The van der Waals surface area contributed by atoms with E-state index in [-0.39, 0.29) is 5.82 Å². The topological polar surface area (TPSA) is 24.1 Å². The summed E-state index contributed by atoms with van der Waals surface area (Å²) < 4.78 is 13.0. The van der Waals surface area contributed by atoms with Crippen molar-refractivity contribution in [1.29, 1.82) is 0 Å². The largest absolute Gasteiger partial charge is 0.359 e. The zero-order chi connectivity index (χ0) is 18.1. The monoisotopic (exact) mass is 374 g/mol. The lowest BCUT2D eigenvalue weighted by molar-refractivity contribution is -0.0720.